The molecule has 2 aromatic heterocycles. The van der Waals surface area contributed by atoms with Gasteiger partial charge in [0.05, 0.1) is 12.3 Å². The lowest BCUT2D eigenvalue weighted by atomic mass is 10.4. The standard InChI is InChI=1S/C10H12N2O3/c1-4-14-10(13)8-5-9-12(11-8)6(2)7(3)15-9/h5H,4H2,1-3H3. The number of carbonyl (C=O) groups excluding carboxylic acids is 1. The van der Waals surface area contributed by atoms with Gasteiger partial charge in [-0.15, -0.1) is 0 Å². The lowest BCUT2D eigenvalue weighted by molar-refractivity contribution is 0.0519. The van der Waals surface area contributed by atoms with Gasteiger partial charge in [-0.2, -0.15) is 5.10 Å². The first kappa shape index (κ1) is 9.76. The largest absolute Gasteiger partial charge is 0.461 e. The third kappa shape index (κ3) is 1.49. The van der Waals surface area contributed by atoms with Gasteiger partial charge in [-0.3, -0.25) is 0 Å². The van der Waals surface area contributed by atoms with Crippen molar-refractivity contribution in [2.75, 3.05) is 6.61 Å². The Morgan fingerprint density at radius 2 is 2.33 bits per heavy atom. The second-order valence-electron chi connectivity index (χ2n) is 3.24. The molecule has 15 heavy (non-hydrogen) atoms. The van der Waals surface area contributed by atoms with Crippen LogP contribution < -0.4 is 0 Å². The molecule has 2 aromatic rings. The van der Waals surface area contributed by atoms with Crippen LogP contribution in [-0.2, 0) is 4.74 Å². The minimum Gasteiger partial charge on any atom is -0.461 e. The fourth-order valence-electron chi connectivity index (χ4n) is 1.36. The van der Waals surface area contributed by atoms with Gasteiger partial charge in [-0.1, -0.05) is 0 Å². The summed E-state index contributed by atoms with van der Waals surface area (Å²) in [6, 6.07) is 1.58. The number of hydrogen-bond acceptors (Lipinski definition) is 4. The molecule has 0 fully saturated rings. The van der Waals surface area contributed by atoms with Gasteiger partial charge in [0.15, 0.2) is 5.69 Å². The molecule has 0 saturated carbocycles. The van der Waals surface area contributed by atoms with Crippen LogP contribution in [0.15, 0.2) is 10.5 Å². The lowest BCUT2D eigenvalue weighted by Crippen LogP contribution is -2.05. The summed E-state index contributed by atoms with van der Waals surface area (Å²) in [5, 5.41) is 4.10. The molecule has 0 spiro atoms. The Hall–Kier alpha value is -1.78. The number of oxazole rings is 1. The topological polar surface area (TPSA) is 56.7 Å². The van der Waals surface area contributed by atoms with E-state index in [2.05, 4.69) is 5.10 Å². The van der Waals surface area contributed by atoms with E-state index in [9.17, 15) is 4.79 Å². The monoisotopic (exact) mass is 208 g/mol. The molecule has 0 bridgehead atoms. The molecule has 2 rings (SSSR count). The van der Waals surface area contributed by atoms with Gasteiger partial charge in [-0.05, 0) is 20.8 Å². The van der Waals surface area contributed by atoms with Crippen LogP contribution >= 0.6 is 0 Å². The van der Waals surface area contributed by atoms with Crippen molar-refractivity contribution in [2.24, 2.45) is 0 Å². The van der Waals surface area contributed by atoms with Crippen molar-refractivity contribution in [1.82, 2.24) is 9.61 Å². The zero-order valence-corrected chi connectivity index (χ0v) is 8.90. The van der Waals surface area contributed by atoms with Crippen LogP contribution in [0.4, 0.5) is 0 Å². The number of rotatable bonds is 2. The molecule has 0 aromatic carbocycles. The number of carbonyl (C=O) groups is 1. The van der Waals surface area contributed by atoms with E-state index in [1.54, 1.807) is 17.5 Å². The summed E-state index contributed by atoms with van der Waals surface area (Å²) in [6.07, 6.45) is 0. The van der Waals surface area contributed by atoms with E-state index in [1.807, 2.05) is 13.8 Å². The number of aryl methyl sites for hydroxylation is 2. The molecule has 2 heterocycles. The SMILES string of the molecule is CCOC(=O)c1cc2oc(C)c(C)n2n1. The maximum Gasteiger partial charge on any atom is 0.358 e. The molecule has 0 aliphatic rings. The van der Waals surface area contributed by atoms with Crippen LogP contribution in [0.1, 0.15) is 28.9 Å². The van der Waals surface area contributed by atoms with Crippen LogP contribution in [0.25, 0.3) is 5.71 Å². The van der Waals surface area contributed by atoms with Crippen LogP contribution in [0.5, 0.6) is 0 Å². The molecule has 80 valence electrons. The summed E-state index contributed by atoms with van der Waals surface area (Å²) < 4.78 is 11.8. The number of esters is 1. The van der Waals surface area contributed by atoms with Crippen LogP contribution in [0.3, 0.4) is 0 Å². The van der Waals surface area contributed by atoms with Gasteiger partial charge in [0.2, 0.25) is 5.71 Å². The second-order valence-corrected chi connectivity index (χ2v) is 3.24. The summed E-state index contributed by atoms with van der Waals surface area (Å²) in [4.78, 5) is 11.4. The highest BCUT2D eigenvalue weighted by Crippen LogP contribution is 2.16. The molecule has 0 aliphatic carbocycles. The van der Waals surface area contributed by atoms with E-state index in [-0.39, 0.29) is 5.69 Å². The molecule has 0 saturated heterocycles. The van der Waals surface area contributed by atoms with Crippen molar-refractivity contribution in [1.29, 1.82) is 0 Å². The van der Waals surface area contributed by atoms with Gasteiger partial charge < -0.3 is 9.15 Å². The Morgan fingerprint density at radius 3 is 2.93 bits per heavy atom. The van der Waals surface area contributed by atoms with Gasteiger partial charge in [0.25, 0.3) is 0 Å². The highest BCUT2D eigenvalue weighted by Gasteiger charge is 2.16. The average molecular weight is 208 g/mol. The van der Waals surface area contributed by atoms with Crippen molar-refractivity contribution in [3.63, 3.8) is 0 Å². The first-order valence-corrected chi connectivity index (χ1v) is 4.76. The number of aromatic nitrogens is 2. The third-order valence-electron chi connectivity index (χ3n) is 2.25. The molecule has 5 heteroatoms. The first-order valence-electron chi connectivity index (χ1n) is 4.76. The Morgan fingerprint density at radius 1 is 1.60 bits per heavy atom. The predicted molar refractivity (Wildman–Crippen MR) is 52.9 cm³/mol. The highest BCUT2D eigenvalue weighted by atomic mass is 16.5. The van der Waals surface area contributed by atoms with E-state index < -0.39 is 5.97 Å². The smallest absolute Gasteiger partial charge is 0.358 e. The molecular weight excluding hydrogens is 196 g/mol. The van der Waals surface area contributed by atoms with E-state index in [0.717, 1.165) is 11.5 Å². The normalized spacial score (nSPS) is 10.9. The van der Waals surface area contributed by atoms with Gasteiger partial charge >= 0.3 is 5.97 Å². The molecule has 0 N–H and O–H groups in total. The second kappa shape index (κ2) is 3.42. The molecule has 0 unspecified atom stereocenters. The maximum absolute atomic E-state index is 11.4. The van der Waals surface area contributed by atoms with E-state index in [1.165, 1.54) is 0 Å². The fourth-order valence-corrected chi connectivity index (χ4v) is 1.36. The van der Waals surface area contributed by atoms with E-state index in [4.69, 9.17) is 9.15 Å². The third-order valence-corrected chi connectivity index (χ3v) is 2.25. The van der Waals surface area contributed by atoms with Crippen LogP contribution in [0, 0.1) is 13.8 Å². The van der Waals surface area contributed by atoms with Crippen LogP contribution in [0.2, 0.25) is 0 Å². The molecule has 0 atom stereocenters. The Kier molecular flexibility index (Phi) is 2.22. The van der Waals surface area contributed by atoms with Crippen molar-refractivity contribution in [2.45, 2.75) is 20.8 Å². The van der Waals surface area contributed by atoms with Gasteiger partial charge in [-0.25, -0.2) is 9.31 Å². The minimum atomic E-state index is -0.423. The predicted octanol–water partition coefficient (Wildman–Crippen LogP) is 1.72. The molecule has 0 radical (unpaired) electrons. The lowest BCUT2D eigenvalue weighted by Gasteiger charge is -1.95. The number of ether oxygens (including phenoxy) is 1. The first-order chi connectivity index (χ1) is 7.13. The molecule has 0 aliphatic heterocycles. The summed E-state index contributed by atoms with van der Waals surface area (Å²) in [5.41, 5.74) is 1.73. The summed E-state index contributed by atoms with van der Waals surface area (Å²) in [6.45, 7) is 5.84. The highest BCUT2D eigenvalue weighted by molar-refractivity contribution is 5.88. The van der Waals surface area contributed by atoms with Crippen LogP contribution in [-0.4, -0.2) is 22.2 Å². The van der Waals surface area contributed by atoms with E-state index >= 15 is 0 Å². The summed E-state index contributed by atoms with van der Waals surface area (Å²) >= 11 is 0. The quantitative estimate of drug-likeness (QED) is 0.705. The zero-order valence-electron chi connectivity index (χ0n) is 8.90. The van der Waals surface area contributed by atoms with Crippen molar-refractivity contribution in [3.8, 4) is 0 Å². The fraction of sp³-hybridized carbons (Fsp3) is 0.400. The number of nitrogens with zero attached hydrogens (tertiary/aromatic N) is 2. The molecule has 5 nitrogen and oxygen atoms in total. The Balaban J connectivity index is 2.44. The zero-order chi connectivity index (χ0) is 11.0. The van der Waals surface area contributed by atoms with Crippen molar-refractivity contribution >= 4 is 11.7 Å². The van der Waals surface area contributed by atoms with Gasteiger partial charge in [0.1, 0.15) is 5.76 Å². The summed E-state index contributed by atoms with van der Waals surface area (Å²) in [7, 11) is 0. The Labute approximate surface area is 86.6 Å². The molecule has 0 amide bonds. The average Bonchev–Trinajstić information content (AvgIpc) is 2.70. The number of hydrogen-bond donors (Lipinski definition) is 0. The van der Waals surface area contributed by atoms with E-state index in [0.29, 0.717) is 12.3 Å². The van der Waals surface area contributed by atoms with Crippen molar-refractivity contribution in [3.05, 3.63) is 23.2 Å². The van der Waals surface area contributed by atoms with Gasteiger partial charge in [0, 0.05) is 6.07 Å². The summed E-state index contributed by atoms with van der Waals surface area (Å²) in [5.74, 6) is 0.376. The minimum absolute atomic E-state index is 0.277. The van der Waals surface area contributed by atoms with Crippen molar-refractivity contribution < 1.29 is 13.9 Å². The maximum atomic E-state index is 11.4. The molecular formula is C10H12N2O3. The number of fused-ring (bicyclic) bond motifs is 1. The Bertz CT molecular complexity index is 510.